The van der Waals surface area contributed by atoms with Gasteiger partial charge >= 0.3 is 0 Å². The molecule has 0 bridgehead atoms. The molecular formula is C18H20F2N4O2S. The van der Waals surface area contributed by atoms with Crippen molar-refractivity contribution in [1.82, 2.24) is 9.97 Å². The third-order valence-electron chi connectivity index (χ3n) is 5.28. The third-order valence-corrected chi connectivity index (χ3v) is 6.43. The molecule has 2 N–H and O–H groups in total. The Morgan fingerprint density at radius 2 is 2.11 bits per heavy atom. The Kier molecular flexibility index (Phi) is 4.01. The smallest absolute Gasteiger partial charge is 0.290 e. The summed E-state index contributed by atoms with van der Waals surface area (Å²) in [7, 11) is -2.94. The van der Waals surface area contributed by atoms with E-state index < -0.39 is 21.8 Å². The first kappa shape index (κ1) is 18.2. The quantitative estimate of drug-likeness (QED) is 0.836. The Hall–Kier alpha value is -2.13. The molecule has 1 aliphatic carbocycles. The molecule has 1 aliphatic heterocycles. The fourth-order valence-electron chi connectivity index (χ4n) is 3.52. The van der Waals surface area contributed by atoms with Crippen molar-refractivity contribution in [3.63, 3.8) is 0 Å². The van der Waals surface area contributed by atoms with E-state index in [0.29, 0.717) is 28.3 Å². The lowest BCUT2D eigenvalue weighted by Gasteiger charge is -2.43. The Labute approximate surface area is 156 Å². The molecular weight excluding hydrogens is 374 g/mol. The average molecular weight is 394 g/mol. The molecule has 4 rings (SSSR count). The van der Waals surface area contributed by atoms with Crippen LogP contribution in [-0.4, -0.2) is 44.2 Å². The number of halogens is 2. The average Bonchev–Trinajstić information content (AvgIpc) is 2.93. The molecule has 3 atom stereocenters. The molecule has 0 spiro atoms. The molecule has 144 valence electrons. The molecule has 1 aromatic heterocycles. The molecule has 1 fully saturated rings. The van der Waals surface area contributed by atoms with Crippen LogP contribution in [0.3, 0.4) is 0 Å². The van der Waals surface area contributed by atoms with Gasteiger partial charge in [-0.15, -0.1) is 0 Å². The predicted molar refractivity (Wildman–Crippen MR) is 97.5 cm³/mol. The number of benzene rings is 1. The Balaban J connectivity index is 1.89. The molecule has 27 heavy (non-hydrogen) atoms. The van der Waals surface area contributed by atoms with Crippen LogP contribution in [0.15, 0.2) is 29.2 Å². The van der Waals surface area contributed by atoms with Crippen LogP contribution >= 0.6 is 0 Å². The highest BCUT2D eigenvalue weighted by Gasteiger charge is 2.45. The van der Waals surface area contributed by atoms with Crippen LogP contribution in [0.5, 0.6) is 0 Å². The molecule has 1 unspecified atom stereocenters. The van der Waals surface area contributed by atoms with Gasteiger partial charge in [0.15, 0.2) is 0 Å². The molecule has 9 heteroatoms. The lowest BCUT2D eigenvalue weighted by atomic mass is 10.0. The standard InChI is InChI=1S/C18H20F2N4O2S/c1-10-14(25)9-24(10)17-22-15(13-6-7-18(19,20)16(13)23-17)11-4-3-5-12(8-11)27(2,21)26/h3-5,8,10,14,21,25H,6-7,9H2,1-2H3/t10-,14+,27?/m0/s1. The number of aromatic nitrogens is 2. The fraction of sp³-hybridized carbons (Fsp3) is 0.444. The van der Waals surface area contributed by atoms with Crippen LogP contribution in [0.1, 0.15) is 24.6 Å². The second-order valence-electron chi connectivity index (χ2n) is 7.24. The maximum Gasteiger partial charge on any atom is 0.290 e. The van der Waals surface area contributed by atoms with E-state index in [1.165, 1.54) is 6.26 Å². The Morgan fingerprint density at radius 1 is 1.37 bits per heavy atom. The number of aliphatic hydroxyl groups excluding tert-OH is 1. The van der Waals surface area contributed by atoms with Crippen LogP contribution in [0.4, 0.5) is 14.7 Å². The summed E-state index contributed by atoms with van der Waals surface area (Å²) in [5.41, 5.74) is 1.04. The summed E-state index contributed by atoms with van der Waals surface area (Å²) >= 11 is 0. The minimum Gasteiger partial charge on any atom is -0.389 e. The summed E-state index contributed by atoms with van der Waals surface area (Å²) in [6, 6.07) is 6.28. The Morgan fingerprint density at radius 3 is 2.74 bits per heavy atom. The minimum absolute atomic E-state index is 0.155. The summed E-state index contributed by atoms with van der Waals surface area (Å²) in [5.74, 6) is -2.86. The van der Waals surface area contributed by atoms with Crippen molar-refractivity contribution in [2.45, 2.75) is 42.7 Å². The summed E-state index contributed by atoms with van der Waals surface area (Å²) < 4.78 is 48.7. The second-order valence-corrected chi connectivity index (χ2v) is 9.39. The lowest BCUT2D eigenvalue weighted by molar-refractivity contribution is -0.00603. The number of nitrogens with zero attached hydrogens (tertiary/aromatic N) is 3. The van der Waals surface area contributed by atoms with Crippen molar-refractivity contribution in [2.24, 2.45) is 0 Å². The van der Waals surface area contributed by atoms with E-state index in [1.54, 1.807) is 36.1 Å². The number of anilines is 1. The molecule has 2 aromatic rings. The molecule has 0 saturated carbocycles. The van der Waals surface area contributed by atoms with Crippen LogP contribution in [0.2, 0.25) is 0 Å². The summed E-state index contributed by atoms with van der Waals surface area (Å²) in [6.45, 7) is 2.08. The van der Waals surface area contributed by atoms with Gasteiger partial charge in [0.1, 0.15) is 5.69 Å². The van der Waals surface area contributed by atoms with Crippen LogP contribution < -0.4 is 4.90 Å². The number of rotatable bonds is 3. The van der Waals surface area contributed by atoms with Crippen molar-refractivity contribution in [2.75, 3.05) is 17.7 Å². The number of alkyl halides is 2. The number of aliphatic hydroxyl groups is 1. The van der Waals surface area contributed by atoms with Gasteiger partial charge < -0.3 is 10.0 Å². The van der Waals surface area contributed by atoms with Gasteiger partial charge in [-0.2, -0.15) is 8.78 Å². The second kappa shape index (κ2) is 5.93. The lowest BCUT2D eigenvalue weighted by Crippen LogP contribution is -2.59. The van der Waals surface area contributed by atoms with E-state index >= 15 is 0 Å². The molecule has 2 aliphatic rings. The number of fused-ring (bicyclic) bond motifs is 1. The Bertz CT molecular complexity index is 1030. The zero-order valence-corrected chi connectivity index (χ0v) is 15.8. The highest BCUT2D eigenvalue weighted by Crippen LogP contribution is 2.45. The maximum absolute atomic E-state index is 14.4. The first-order valence-corrected chi connectivity index (χ1v) is 10.6. The zero-order valence-electron chi connectivity index (χ0n) is 14.9. The van der Waals surface area contributed by atoms with Crippen molar-refractivity contribution in [1.29, 1.82) is 4.78 Å². The van der Waals surface area contributed by atoms with E-state index in [4.69, 9.17) is 4.78 Å². The van der Waals surface area contributed by atoms with Crippen molar-refractivity contribution in [3.05, 3.63) is 35.5 Å². The van der Waals surface area contributed by atoms with Gasteiger partial charge in [0.2, 0.25) is 5.95 Å². The van der Waals surface area contributed by atoms with E-state index in [9.17, 15) is 18.1 Å². The normalized spacial score (nSPS) is 25.6. The molecule has 0 radical (unpaired) electrons. The summed E-state index contributed by atoms with van der Waals surface area (Å²) in [4.78, 5) is 10.7. The first-order valence-electron chi connectivity index (χ1n) is 8.66. The zero-order chi connectivity index (χ0) is 19.6. The van der Waals surface area contributed by atoms with Gasteiger partial charge in [-0.25, -0.2) is 19.0 Å². The van der Waals surface area contributed by atoms with E-state index in [1.807, 2.05) is 0 Å². The number of hydrogen-bond donors (Lipinski definition) is 2. The van der Waals surface area contributed by atoms with Gasteiger partial charge in [-0.05, 0) is 25.5 Å². The van der Waals surface area contributed by atoms with Crippen molar-refractivity contribution >= 4 is 15.7 Å². The monoisotopic (exact) mass is 394 g/mol. The van der Waals surface area contributed by atoms with E-state index in [-0.39, 0.29) is 30.5 Å². The largest absolute Gasteiger partial charge is 0.389 e. The summed E-state index contributed by atoms with van der Waals surface area (Å²) in [5, 5.41) is 9.76. The first-order chi connectivity index (χ1) is 12.6. The molecule has 2 heterocycles. The number of hydrogen-bond acceptors (Lipinski definition) is 6. The van der Waals surface area contributed by atoms with E-state index in [2.05, 4.69) is 9.97 Å². The van der Waals surface area contributed by atoms with Gasteiger partial charge in [0.25, 0.3) is 5.92 Å². The molecule has 0 amide bonds. The summed E-state index contributed by atoms with van der Waals surface area (Å²) in [6.07, 6.45) is 0.609. The van der Waals surface area contributed by atoms with E-state index in [0.717, 1.165) is 0 Å². The number of nitrogens with one attached hydrogen (secondary N) is 1. The van der Waals surface area contributed by atoms with Gasteiger partial charge in [-0.1, -0.05) is 12.1 Å². The molecule has 1 saturated heterocycles. The molecule has 6 nitrogen and oxygen atoms in total. The highest BCUT2D eigenvalue weighted by molar-refractivity contribution is 7.91. The van der Waals surface area contributed by atoms with Crippen LogP contribution in [0.25, 0.3) is 11.3 Å². The minimum atomic E-state index is -3.03. The van der Waals surface area contributed by atoms with Crippen LogP contribution in [-0.2, 0) is 22.1 Å². The number of β-amino-alcohol motifs (C(OH)–C–C–N with tert-alkyl or cyclic N) is 1. The fourth-order valence-corrected chi connectivity index (χ4v) is 4.21. The van der Waals surface area contributed by atoms with Crippen LogP contribution in [0, 0.1) is 4.78 Å². The third kappa shape index (κ3) is 2.98. The SMILES string of the molecule is C[C@H]1[C@H](O)CN1c1nc(-c2cccc(S(C)(=N)=O)c2)c2c(n1)C(F)(F)CC2. The van der Waals surface area contributed by atoms with Gasteiger partial charge in [0, 0.05) is 35.2 Å². The van der Waals surface area contributed by atoms with Gasteiger partial charge in [0.05, 0.1) is 27.6 Å². The van der Waals surface area contributed by atoms with Crippen molar-refractivity contribution in [3.8, 4) is 11.3 Å². The van der Waals surface area contributed by atoms with Gasteiger partial charge in [-0.3, -0.25) is 0 Å². The highest BCUT2D eigenvalue weighted by atomic mass is 32.2. The molecule has 1 aromatic carbocycles. The maximum atomic E-state index is 14.4. The predicted octanol–water partition coefficient (Wildman–Crippen LogP) is 2.79. The topological polar surface area (TPSA) is 90.2 Å². The van der Waals surface area contributed by atoms with Crippen molar-refractivity contribution < 1.29 is 18.1 Å².